The van der Waals surface area contributed by atoms with Crippen LogP contribution in [0.2, 0.25) is 0 Å². The molecule has 0 aliphatic heterocycles. The van der Waals surface area contributed by atoms with Crippen LogP contribution < -0.4 is 4.74 Å². The van der Waals surface area contributed by atoms with E-state index in [1.54, 1.807) is 6.07 Å². The molecule has 0 fully saturated rings. The van der Waals surface area contributed by atoms with Crippen LogP contribution in [0.3, 0.4) is 0 Å². The van der Waals surface area contributed by atoms with Gasteiger partial charge in [0.05, 0.1) is 13.3 Å². The van der Waals surface area contributed by atoms with E-state index >= 15 is 0 Å². The molecule has 0 spiro atoms. The third kappa shape index (κ3) is 7.43. The third-order valence-corrected chi connectivity index (χ3v) is 4.06. The lowest BCUT2D eigenvalue weighted by Gasteiger charge is -2.09. The van der Waals surface area contributed by atoms with Crippen LogP contribution in [-0.4, -0.2) is 26.3 Å². The van der Waals surface area contributed by atoms with Crippen molar-refractivity contribution in [1.29, 1.82) is 0 Å². The zero-order valence-electron chi connectivity index (χ0n) is 12.1. The summed E-state index contributed by atoms with van der Waals surface area (Å²) in [6.45, 7) is 0.179. The Morgan fingerprint density at radius 2 is 1.52 bits per heavy atom. The lowest BCUT2D eigenvalue weighted by molar-refractivity contribution is 0.295. The Hall–Kier alpha value is -1.14. The molecule has 0 unspecified atom stereocenters. The summed E-state index contributed by atoms with van der Waals surface area (Å²) in [5, 5.41) is 0. The molecule has 0 aromatic heterocycles. The van der Waals surface area contributed by atoms with E-state index in [1.165, 1.54) is 18.2 Å². The van der Waals surface area contributed by atoms with E-state index < -0.39 is 10.1 Å². The Balaban J connectivity index is 2.22. The number of ether oxygens (including phenoxy) is 1. The Labute approximate surface area is 126 Å². The van der Waals surface area contributed by atoms with Crippen molar-refractivity contribution in [3.8, 4) is 5.75 Å². The Morgan fingerprint density at radius 3 is 2.14 bits per heavy atom. The first-order valence-corrected chi connectivity index (χ1v) is 8.75. The van der Waals surface area contributed by atoms with Crippen LogP contribution >= 0.6 is 0 Å². The molecule has 0 amide bonds. The van der Waals surface area contributed by atoms with Crippen molar-refractivity contribution in [2.75, 3.05) is 13.3 Å². The highest BCUT2D eigenvalue weighted by atomic mass is 32.2. The molecule has 1 aromatic carbocycles. The van der Waals surface area contributed by atoms with Gasteiger partial charge in [0.2, 0.25) is 0 Å². The number of rotatable bonds is 11. The molecule has 0 saturated carbocycles. The number of hydrogen-bond acceptors (Lipinski definition) is 3. The predicted octanol–water partition coefficient (Wildman–Crippen LogP) is 4.01. The maximum Gasteiger partial charge on any atom is 0.298 e. The lowest BCUT2D eigenvalue weighted by atomic mass is 10.1. The predicted molar refractivity (Wildman–Crippen MR) is 80.0 cm³/mol. The minimum absolute atomic E-state index is 0.183. The van der Waals surface area contributed by atoms with Crippen LogP contribution in [0.5, 0.6) is 5.75 Å². The normalized spacial score (nSPS) is 11.5. The van der Waals surface area contributed by atoms with Crippen molar-refractivity contribution < 1.29 is 22.1 Å². The van der Waals surface area contributed by atoms with Crippen LogP contribution in [0, 0.1) is 0 Å². The van der Waals surface area contributed by atoms with E-state index in [2.05, 4.69) is 0 Å². The molecule has 0 saturated heterocycles. The van der Waals surface area contributed by atoms with Gasteiger partial charge in [0.1, 0.15) is 10.6 Å². The minimum Gasteiger partial charge on any atom is -0.492 e. The highest BCUT2D eigenvalue weighted by molar-refractivity contribution is 7.86. The van der Waals surface area contributed by atoms with Crippen molar-refractivity contribution in [1.82, 2.24) is 0 Å². The van der Waals surface area contributed by atoms with Crippen molar-refractivity contribution >= 4 is 10.1 Å². The number of unbranched alkanes of at least 4 members (excludes halogenated alkanes) is 6. The molecule has 0 aliphatic carbocycles. The van der Waals surface area contributed by atoms with E-state index in [0.29, 0.717) is 13.0 Å². The molecular formula is C15H23FO4S. The number of halogens is 1. The average molecular weight is 318 g/mol. The summed E-state index contributed by atoms with van der Waals surface area (Å²) in [6, 6.07) is 6.04. The Kier molecular flexibility index (Phi) is 8.30. The molecule has 1 aromatic rings. The summed E-state index contributed by atoms with van der Waals surface area (Å²) in [5.41, 5.74) is 0. The summed E-state index contributed by atoms with van der Waals surface area (Å²) in [7, 11) is -4.25. The second-order valence-corrected chi connectivity index (χ2v) is 6.32. The van der Waals surface area contributed by atoms with Gasteiger partial charge in [-0.05, 0) is 25.0 Å². The topological polar surface area (TPSA) is 63.6 Å². The average Bonchev–Trinajstić information content (AvgIpc) is 2.45. The van der Waals surface area contributed by atoms with E-state index in [4.69, 9.17) is 9.29 Å². The second kappa shape index (κ2) is 9.73. The summed E-state index contributed by atoms with van der Waals surface area (Å²) >= 11 is 0. The van der Waals surface area contributed by atoms with Crippen LogP contribution in [0.25, 0.3) is 0 Å². The first-order chi connectivity index (χ1) is 10.1. The number of benzene rings is 1. The van der Waals surface area contributed by atoms with Crippen LogP contribution in [0.1, 0.15) is 44.9 Å². The molecule has 4 nitrogen and oxygen atoms in total. The Morgan fingerprint density at radius 1 is 0.952 bits per heavy atom. The van der Waals surface area contributed by atoms with E-state index in [9.17, 15) is 12.8 Å². The summed E-state index contributed by atoms with van der Waals surface area (Å²) in [4.78, 5) is -0.198. The number of para-hydroxylation sites is 1. The van der Waals surface area contributed by atoms with Gasteiger partial charge >= 0.3 is 0 Å². The van der Waals surface area contributed by atoms with Gasteiger partial charge in [0, 0.05) is 0 Å². The molecule has 21 heavy (non-hydrogen) atoms. The van der Waals surface area contributed by atoms with Crippen molar-refractivity contribution in [3.63, 3.8) is 0 Å². The molecule has 1 rings (SSSR count). The second-order valence-electron chi connectivity index (χ2n) is 4.93. The summed E-state index contributed by atoms with van der Waals surface area (Å²) in [5.74, 6) is 0.183. The molecule has 0 heterocycles. The van der Waals surface area contributed by atoms with Gasteiger partial charge in [-0.15, -0.1) is 0 Å². The summed E-state index contributed by atoms with van der Waals surface area (Å²) in [6.07, 6.45) is 6.60. The van der Waals surface area contributed by atoms with E-state index in [1.807, 2.05) is 0 Å². The zero-order chi connectivity index (χ0) is 15.6. The largest absolute Gasteiger partial charge is 0.492 e. The van der Waals surface area contributed by atoms with Crippen molar-refractivity contribution in [2.24, 2.45) is 0 Å². The molecule has 1 N–H and O–H groups in total. The number of alkyl halides is 1. The monoisotopic (exact) mass is 318 g/mol. The van der Waals surface area contributed by atoms with Gasteiger partial charge < -0.3 is 4.74 Å². The van der Waals surface area contributed by atoms with E-state index in [0.717, 1.165) is 38.5 Å². The van der Waals surface area contributed by atoms with Gasteiger partial charge in [-0.25, -0.2) is 0 Å². The first kappa shape index (κ1) is 17.9. The highest BCUT2D eigenvalue weighted by Gasteiger charge is 2.15. The maximum absolute atomic E-state index is 11.9. The SMILES string of the molecule is O=S(=O)(O)c1ccccc1OCCCCCCCCCF. The zero-order valence-corrected chi connectivity index (χ0v) is 12.9. The fourth-order valence-electron chi connectivity index (χ4n) is 2.05. The quantitative estimate of drug-likeness (QED) is 0.494. The molecule has 0 bridgehead atoms. The fourth-order valence-corrected chi connectivity index (χ4v) is 2.68. The number of hydrogen-bond donors (Lipinski definition) is 1. The van der Waals surface area contributed by atoms with Crippen LogP contribution in [0.15, 0.2) is 29.2 Å². The van der Waals surface area contributed by atoms with E-state index in [-0.39, 0.29) is 17.3 Å². The maximum atomic E-state index is 11.9. The highest BCUT2D eigenvalue weighted by Crippen LogP contribution is 2.23. The summed E-state index contributed by atoms with van der Waals surface area (Å²) < 4.78 is 48.7. The molecule has 6 heteroatoms. The third-order valence-electron chi connectivity index (χ3n) is 3.16. The smallest absolute Gasteiger partial charge is 0.298 e. The van der Waals surface area contributed by atoms with Gasteiger partial charge in [0.15, 0.2) is 0 Å². The Bertz CT molecular complexity index is 502. The van der Waals surface area contributed by atoms with Gasteiger partial charge in [-0.1, -0.05) is 44.2 Å². The van der Waals surface area contributed by atoms with Crippen LogP contribution in [-0.2, 0) is 10.1 Å². The van der Waals surface area contributed by atoms with Crippen molar-refractivity contribution in [2.45, 2.75) is 49.8 Å². The van der Waals surface area contributed by atoms with Crippen molar-refractivity contribution in [3.05, 3.63) is 24.3 Å². The molecule has 120 valence electrons. The minimum atomic E-state index is -4.25. The van der Waals surface area contributed by atoms with Gasteiger partial charge in [-0.2, -0.15) is 8.42 Å². The molecule has 0 aliphatic rings. The van der Waals surface area contributed by atoms with Crippen LogP contribution in [0.4, 0.5) is 4.39 Å². The molecular weight excluding hydrogens is 295 g/mol. The first-order valence-electron chi connectivity index (χ1n) is 7.31. The fraction of sp³-hybridized carbons (Fsp3) is 0.600. The standard InChI is InChI=1S/C15H23FO4S/c16-12-8-4-2-1-3-5-9-13-20-14-10-6-7-11-15(14)21(17,18)19/h6-7,10-11H,1-5,8-9,12-13H2,(H,17,18,19). The molecule has 0 atom stereocenters. The molecule has 0 radical (unpaired) electrons. The lowest BCUT2D eigenvalue weighted by Crippen LogP contribution is -2.04. The van der Waals surface area contributed by atoms with Gasteiger partial charge in [-0.3, -0.25) is 8.94 Å². The van der Waals surface area contributed by atoms with Gasteiger partial charge in [0.25, 0.3) is 10.1 Å².